The van der Waals surface area contributed by atoms with Crippen molar-refractivity contribution in [3.8, 4) is 11.8 Å². The second kappa shape index (κ2) is 6.68. The second-order valence-corrected chi connectivity index (χ2v) is 3.63. The molecule has 74 valence electrons. The molecule has 0 radical (unpaired) electrons. The van der Waals surface area contributed by atoms with Gasteiger partial charge < -0.3 is 5.73 Å². The van der Waals surface area contributed by atoms with Crippen molar-refractivity contribution in [2.45, 2.75) is 33.6 Å². The van der Waals surface area contributed by atoms with Gasteiger partial charge in [0, 0.05) is 12.5 Å². The monoisotopic (exact) mass is 181 g/mol. The van der Waals surface area contributed by atoms with Crippen LogP contribution in [-0.2, 0) is 4.79 Å². The standard InChI is InChI=1S/C11H19NO/c1-4-5-6-11(13)10(8-12)7-9(2)3/h9-10H,6-8,12H2,1-3H3. The molecule has 0 aromatic heterocycles. The van der Waals surface area contributed by atoms with Crippen LogP contribution in [0.1, 0.15) is 33.6 Å². The van der Waals surface area contributed by atoms with Crippen molar-refractivity contribution in [2.75, 3.05) is 6.54 Å². The average molecular weight is 181 g/mol. The number of hydrogen-bond acceptors (Lipinski definition) is 2. The lowest BCUT2D eigenvalue weighted by Gasteiger charge is -2.14. The number of ketones is 1. The normalized spacial score (nSPS) is 12.1. The summed E-state index contributed by atoms with van der Waals surface area (Å²) in [6.07, 6.45) is 1.23. The number of hydrogen-bond donors (Lipinski definition) is 1. The number of carbonyl (C=O) groups is 1. The van der Waals surface area contributed by atoms with Gasteiger partial charge in [0.05, 0.1) is 6.42 Å². The third kappa shape index (κ3) is 5.43. The zero-order valence-corrected chi connectivity index (χ0v) is 8.76. The van der Waals surface area contributed by atoms with Crippen molar-refractivity contribution in [1.29, 1.82) is 0 Å². The van der Waals surface area contributed by atoms with Crippen LogP contribution in [0.15, 0.2) is 0 Å². The minimum absolute atomic E-state index is 0.000787. The summed E-state index contributed by atoms with van der Waals surface area (Å²) in [6, 6.07) is 0. The Labute approximate surface area is 80.9 Å². The maximum absolute atomic E-state index is 11.5. The van der Waals surface area contributed by atoms with E-state index in [4.69, 9.17) is 5.73 Å². The van der Waals surface area contributed by atoms with Crippen LogP contribution in [0.5, 0.6) is 0 Å². The maximum Gasteiger partial charge on any atom is 0.149 e. The van der Waals surface area contributed by atoms with E-state index in [0.29, 0.717) is 18.9 Å². The molecule has 0 aliphatic heterocycles. The summed E-state index contributed by atoms with van der Waals surface area (Å²) in [5.41, 5.74) is 5.52. The van der Waals surface area contributed by atoms with Crippen molar-refractivity contribution >= 4 is 5.78 Å². The highest BCUT2D eigenvalue weighted by molar-refractivity contribution is 5.83. The van der Waals surface area contributed by atoms with Gasteiger partial charge in [-0.05, 0) is 19.3 Å². The molecule has 0 spiro atoms. The highest BCUT2D eigenvalue weighted by Gasteiger charge is 2.16. The molecule has 0 aromatic rings. The quantitative estimate of drug-likeness (QED) is 0.654. The van der Waals surface area contributed by atoms with Gasteiger partial charge >= 0.3 is 0 Å². The zero-order valence-electron chi connectivity index (χ0n) is 8.76. The molecular formula is C11H19NO. The molecule has 0 fully saturated rings. The molecule has 1 atom stereocenters. The van der Waals surface area contributed by atoms with Crippen molar-refractivity contribution in [3.63, 3.8) is 0 Å². The molecule has 0 aliphatic carbocycles. The molecule has 2 N–H and O–H groups in total. The van der Waals surface area contributed by atoms with Gasteiger partial charge in [0.1, 0.15) is 5.78 Å². The molecule has 0 amide bonds. The molecule has 2 heteroatoms. The van der Waals surface area contributed by atoms with E-state index in [1.807, 2.05) is 0 Å². The van der Waals surface area contributed by atoms with Gasteiger partial charge in [0.15, 0.2) is 0 Å². The van der Waals surface area contributed by atoms with Crippen LogP contribution in [0.25, 0.3) is 0 Å². The van der Waals surface area contributed by atoms with Gasteiger partial charge in [-0.25, -0.2) is 0 Å². The van der Waals surface area contributed by atoms with Crippen LogP contribution in [0.2, 0.25) is 0 Å². The summed E-state index contributed by atoms with van der Waals surface area (Å²) in [5, 5.41) is 0. The van der Waals surface area contributed by atoms with E-state index in [2.05, 4.69) is 25.7 Å². The molecule has 2 nitrogen and oxygen atoms in total. The summed E-state index contributed by atoms with van der Waals surface area (Å²) in [6.45, 7) is 6.39. The predicted octanol–water partition coefficient (Wildman–Crippen LogP) is 1.59. The third-order valence-corrected chi connectivity index (χ3v) is 1.94. The largest absolute Gasteiger partial charge is 0.330 e. The van der Waals surface area contributed by atoms with Crippen molar-refractivity contribution in [2.24, 2.45) is 17.6 Å². The van der Waals surface area contributed by atoms with Gasteiger partial charge in [-0.1, -0.05) is 19.8 Å². The molecule has 0 bridgehead atoms. The van der Waals surface area contributed by atoms with E-state index in [0.717, 1.165) is 6.42 Å². The summed E-state index contributed by atoms with van der Waals surface area (Å²) in [7, 11) is 0. The van der Waals surface area contributed by atoms with Crippen LogP contribution in [-0.4, -0.2) is 12.3 Å². The lowest BCUT2D eigenvalue weighted by atomic mass is 9.92. The van der Waals surface area contributed by atoms with E-state index < -0.39 is 0 Å². The summed E-state index contributed by atoms with van der Waals surface area (Å²) in [5.74, 6) is 6.21. The van der Waals surface area contributed by atoms with Crippen LogP contribution < -0.4 is 5.73 Å². The van der Waals surface area contributed by atoms with Gasteiger partial charge in [-0.15, -0.1) is 5.92 Å². The Morgan fingerprint density at radius 3 is 2.46 bits per heavy atom. The van der Waals surface area contributed by atoms with Gasteiger partial charge in [0.25, 0.3) is 0 Å². The Bertz CT molecular complexity index is 210. The first-order chi connectivity index (χ1) is 6.11. The molecule has 0 rings (SSSR count). The zero-order chi connectivity index (χ0) is 10.3. The van der Waals surface area contributed by atoms with Crippen molar-refractivity contribution < 1.29 is 4.79 Å². The highest BCUT2D eigenvalue weighted by Crippen LogP contribution is 2.12. The fourth-order valence-electron chi connectivity index (χ4n) is 1.25. The number of Topliss-reactive ketones (excluding diaryl/α,β-unsaturated/α-hetero) is 1. The minimum atomic E-state index is 0.000787. The molecule has 0 heterocycles. The molecule has 13 heavy (non-hydrogen) atoms. The molecule has 0 aromatic carbocycles. The average Bonchev–Trinajstić information content (AvgIpc) is 2.09. The second-order valence-electron chi connectivity index (χ2n) is 3.63. The lowest BCUT2D eigenvalue weighted by Crippen LogP contribution is -2.24. The number of carbonyl (C=O) groups excluding carboxylic acids is 1. The summed E-state index contributed by atoms with van der Waals surface area (Å²) < 4.78 is 0. The third-order valence-electron chi connectivity index (χ3n) is 1.94. The molecule has 1 unspecified atom stereocenters. The molecular weight excluding hydrogens is 162 g/mol. The van der Waals surface area contributed by atoms with Gasteiger partial charge in [-0.3, -0.25) is 4.79 Å². The minimum Gasteiger partial charge on any atom is -0.330 e. The van der Waals surface area contributed by atoms with E-state index in [1.165, 1.54) is 0 Å². The first-order valence-corrected chi connectivity index (χ1v) is 4.74. The van der Waals surface area contributed by atoms with Crippen LogP contribution in [0, 0.1) is 23.7 Å². The van der Waals surface area contributed by atoms with Crippen LogP contribution in [0.4, 0.5) is 0 Å². The maximum atomic E-state index is 11.5. The SMILES string of the molecule is CC#CCC(=O)C(CN)CC(C)C. The van der Waals surface area contributed by atoms with E-state index >= 15 is 0 Å². The fraction of sp³-hybridized carbons (Fsp3) is 0.727. The van der Waals surface area contributed by atoms with E-state index in [1.54, 1.807) is 6.92 Å². The molecule has 0 saturated heterocycles. The first kappa shape index (κ1) is 12.2. The Hall–Kier alpha value is -0.810. The van der Waals surface area contributed by atoms with Crippen LogP contribution in [0.3, 0.4) is 0 Å². The van der Waals surface area contributed by atoms with Crippen LogP contribution >= 0.6 is 0 Å². The number of rotatable bonds is 5. The Morgan fingerprint density at radius 2 is 2.08 bits per heavy atom. The summed E-state index contributed by atoms with van der Waals surface area (Å²) in [4.78, 5) is 11.5. The van der Waals surface area contributed by atoms with E-state index in [-0.39, 0.29) is 11.7 Å². The fourth-order valence-corrected chi connectivity index (χ4v) is 1.25. The topological polar surface area (TPSA) is 43.1 Å². The number of nitrogens with two attached hydrogens (primary N) is 1. The Balaban J connectivity index is 4.04. The molecule has 0 saturated carbocycles. The van der Waals surface area contributed by atoms with Gasteiger partial charge in [0.2, 0.25) is 0 Å². The van der Waals surface area contributed by atoms with E-state index in [9.17, 15) is 4.79 Å². The van der Waals surface area contributed by atoms with Gasteiger partial charge in [-0.2, -0.15) is 0 Å². The highest BCUT2D eigenvalue weighted by atomic mass is 16.1. The van der Waals surface area contributed by atoms with Crippen molar-refractivity contribution in [1.82, 2.24) is 0 Å². The molecule has 0 aliphatic rings. The smallest absolute Gasteiger partial charge is 0.149 e. The Kier molecular flexibility index (Phi) is 6.26. The first-order valence-electron chi connectivity index (χ1n) is 4.74. The van der Waals surface area contributed by atoms with Crippen molar-refractivity contribution in [3.05, 3.63) is 0 Å². The predicted molar refractivity (Wildman–Crippen MR) is 55.1 cm³/mol. The Morgan fingerprint density at radius 1 is 1.46 bits per heavy atom. The lowest BCUT2D eigenvalue weighted by molar-refractivity contribution is -0.122. The summed E-state index contributed by atoms with van der Waals surface area (Å²) >= 11 is 0.